The van der Waals surface area contributed by atoms with E-state index >= 15 is 0 Å². The van der Waals surface area contributed by atoms with Crippen LogP contribution in [0.1, 0.15) is 129 Å². The van der Waals surface area contributed by atoms with E-state index in [1.807, 2.05) is 12.1 Å². The number of aromatic amines is 1. The van der Waals surface area contributed by atoms with Crippen molar-refractivity contribution in [3.8, 4) is 12.1 Å². The van der Waals surface area contributed by atoms with Gasteiger partial charge in [-0.2, -0.15) is 76.4 Å². The zero-order chi connectivity index (χ0) is 80.7. The van der Waals surface area contributed by atoms with Crippen LogP contribution >= 0.6 is 24.0 Å². The number of hydrogen-bond acceptors (Lipinski definition) is 17. The average Bonchev–Trinajstić information content (AvgIpc) is 1.76. The number of H-pyrrole nitrogens is 1. The first-order valence-corrected chi connectivity index (χ1v) is 30.9. The predicted molar refractivity (Wildman–Crippen MR) is 359 cm³/mol. The monoisotopic (exact) mass is 1600 g/mol. The second-order valence-corrected chi connectivity index (χ2v) is 23.8. The number of carbonyl (C=O) groups excluding carboxylic acids is 2. The van der Waals surface area contributed by atoms with Gasteiger partial charge >= 0.3 is 72.6 Å². The van der Waals surface area contributed by atoms with Crippen molar-refractivity contribution in [1.29, 1.82) is 10.5 Å². The van der Waals surface area contributed by atoms with Crippen LogP contribution in [0.15, 0.2) is 154 Å². The number of pyridine rings is 5. The summed E-state index contributed by atoms with van der Waals surface area (Å²) in [6.07, 6.45) is -1.67. The third kappa shape index (κ3) is 36.5. The molecule has 24 nitrogen and oxygen atoms in total. The van der Waals surface area contributed by atoms with Crippen molar-refractivity contribution in [2.75, 3.05) is 7.15 Å². The Labute approximate surface area is 648 Å². The van der Waals surface area contributed by atoms with E-state index < -0.39 is 89.9 Å². The van der Waals surface area contributed by atoms with Crippen molar-refractivity contribution >= 4 is 36.2 Å². The fraction of sp³-hybridized carbons (Fsp3) is 0.333. The maximum atomic E-state index is 12.5. The second kappa shape index (κ2) is 43.7. The van der Waals surface area contributed by atoms with Gasteiger partial charge in [0.1, 0.15) is 57.5 Å². The van der Waals surface area contributed by atoms with Crippen LogP contribution < -0.4 is 45.9 Å². The number of halogens is 18. The van der Waals surface area contributed by atoms with E-state index in [1.165, 1.54) is 86.6 Å². The molecule has 0 aliphatic rings. The maximum Gasteiger partial charge on any atom is 1.00 e. The minimum absolute atomic E-state index is 0. The summed E-state index contributed by atoms with van der Waals surface area (Å²) in [7, 11) is -1.00. The smallest absolute Gasteiger partial charge is 1.00 e. The molecule has 10 rings (SSSR count). The summed E-state index contributed by atoms with van der Waals surface area (Å²) >= 11 is 5.37. The van der Waals surface area contributed by atoms with Crippen molar-refractivity contribution in [3.05, 3.63) is 239 Å². The molecule has 10 aromatic heterocycles. The summed E-state index contributed by atoms with van der Waals surface area (Å²) in [5, 5.41) is 21.8. The molecule has 10 heterocycles. The summed E-state index contributed by atoms with van der Waals surface area (Å²) in [4.78, 5) is 62.2. The van der Waals surface area contributed by atoms with E-state index in [9.17, 15) is 79.8 Å². The molecule has 0 atom stereocenters. The Morgan fingerprint density at radius 2 is 0.789 bits per heavy atom. The molecule has 584 valence electrons. The Bertz CT molecular complexity index is 4280. The first-order chi connectivity index (χ1) is 50.4. The van der Waals surface area contributed by atoms with Crippen LogP contribution in [0.3, 0.4) is 0 Å². The van der Waals surface area contributed by atoms with Gasteiger partial charge in [0, 0.05) is 68.2 Å². The van der Waals surface area contributed by atoms with Gasteiger partial charge in [0.2, 0.25) is 0 Å². The van der Waals surface area contributed by atoms with Gasteiger partial charge in [0.25, 0.3) is 0 Å². The molecule has 0 aliphatic heterocycles. The summed E-state index contributed by atoms with van der Waals surface area (Å²) in [6, 6.07) is 15.2. The van der Waals surface area contributed by atoms with Crippen LogP contribution in [0.5, 0.6) is 0 Å². The molecule has 0 aliphatic carbocycles. The Kier molecular flexibility index (Phi) is 37.2. The zero-order valence-electron chi connectivity index (χ0n) is 60.5. The number of nitrogens with one attached hydrogen (secondary N) is 3. The fourth-order valence-electron chi connectivity index (χ4n) is 7.80. The molecule has 0 radical (unpaired) electrons. The van der Waals surface area contributed by atoms with Crippen molar-refractivity contribution in [1.82, 2.24) is 83.7 Å². The quantitative estimate of drug-likeness (QED) is 0.0446. The summed E-state index contributed by atoms with van der Waals surface area (Å²) < 4.78 is 217. The van der Waals surface area contributed by atoms with E-state index in [4.69, 9.17) is 38.7 Å². The number of nitrogens with two attached hydrogens (primary N) is 1. The number of nitrogens with zero attached hydrogens (tertiary/aromatic N) is 16. The van der Waals surface area contributed by atoms with Crippen molar-refractivity contribution in [3.63, 3.8) is 0 Å². The number of ether oxygens (including phenoxy) is 2. The molecule has 0 unspecified atom stereocenters. The summed E-state index contributed by atoms with van der Waals surface area (Å²) in [5.74, 6) is 0.172. The number of carbonyl (C=O) groups is 2. The molecule has 0 spiro atoms. The number of alkyl halides is 17. The van der Waals surface area contributed by atoms with E-state index in [1.54, 1.807) is 84.7 Å². The first kappa shape index (κ1) is 92.9. The van der Waals surface area contributed by atoms with Crippen LogP contribution in [-0.2, 0) is 92.0 Å². The number of amides is 2. The van der Waals surface area contributed by atoms with Crippen molar-refractivity contribution in [2.45, 2.75) is 135 Å². The van der Waals surface area contributed by atoms with Crippen LogP contribution in [0.4, 0.5) is 79.8 Å². The molecule has 0 saturated heterocycles. The fourth-order valence-corrected chi connectivity index (χ4v) is 7.96. The van der Waals surface area contributed by atoms with E-state index in [2.05, 4.69) is 65.5 Å². The van der Waals surface area contributed by atoms with Gasteiger partial charge in [-0.25, -0.2) is 34.5 Å². The molecule has 0 saturated carbocycles. The normalized spacial score (nSPS) is 11.3. The first-order valence-electron chi connectivity index (χ1n) is 31.1. The number of hydrogen-bond donors (Lipinski definition) is 4. The Morgan fingerprint density at radius 3 is 1.01 bits per heavy atom. The number of imidazole rings is 5. The Morgan fingerprint density at radius 1 is 0.495 bits per heavy atom. The number of nitriles is 2. The Hall–Kier alpha value is -10.3. The SMILES string of the molecule is CC(C)(C)OC(=O)NCc1cn(Cc2ccc(C(F)(F)F)nc2)cn1.CC(C)(C)OC(=O)NCc1cn(Cc2ccc(C(F)(F)F)nc2)cn1.Cl.FC(F)(F)c1ccc(CCl)cn1.N#Cc1cn(Cc2ccc(C(F)(F)F)nc2)cn1.N#Cc1cnc[nH]1.NCc1cn(Cc2ccc(C(F)(F)F)nc2)cn1.[2H]CF.[H-].[Na+]. The van der Waals surface area contributed by atoms with Crippen molar-refractivity contribution < 1.29 is 122 Å². The minimum atomic E-state index is -4.45. The summed E-state index contributed by atoms with van der Waals surface area (Å²) in [5.41, 5.74) is 5.44. The third-order valence-electron chi connectivity index (χ3n) is 12.5. The predicted octanol–water partition coefficient (Wildman–Crippen LogP) is 12.0. The minimum Gasteiger partial charge on any atom is -1.00 e. The van der Waals surface area contributed by atoms with E-state index in [0.717, 1.165) is 48.4 Å². The molecule has 0 bridgehead atoms. The number of alkyl carbamates (subject to hydrolysis) is 2. The zero-order valence-corrected chi connectivity index (χ0v) is 62.1. The van der Waals surface area contributed by atoms with Crippen LogP contribution in [0, 0.1) is 22.7 Å². The molecular weight excluding hydrogens is 1530 g/mol. The van der Waals surface area contributed by atoms with Gasteiger partial charge in [0.15, 0.2) is 5.69 Å². The van der Waals surface area contributed by atoms with Gasteiger partial charge in [-0.1, -0.05) is 30.3 Å². The van der Waals surface area contributed by atoms with Gasteiger partial charge in [0.05, 0.1) is 103 Å². The summed E-state index contributed by atoms with van der Waals surface area (Å²) in [6.45, 7) is 12.7. The molecule has 0 fully saturated rings. The van der Waals surface area contributed by atoms with E-state index in [-0.39, 0.29) is 68.1 Å². The molecular formula is C66H69Cl2F16N20NaO4. The van der Waals surface area contributed by atoms with Gasteiger partial charge in [-0.15, -0.1) is 24.0 Å². The molecule has 10 aromatic rings. The van der Waals surface area contributed by atoms with Gasteiger partial charge in [-0.3, -0.25) is 29.3 Å². The Balaban J connectivity index is 0.000000677. The third-order valence-corrected chi connectivity index (χ3v) is 12.8. The topological polar surface area (TPSA) is 315 Å². The average molecular weight is 1610 g/mol. The van der Waals surface area contributed by atoms with Gasteiger partial charge in [-0.05, 0) is 99.7 Å². The van der Waals surface area contributed by atoms with Gasteiger partial charge < -0.3 is 50.5 Å². The maximum absolute atomic E-state index is 12.5. The largest absolute Gasteiger partial charge is 1.00 e. The van der Waals surface area contributed by atoms with Crippen LogP contribution in [-0.4, -0.2) is 104 Å². The number of rotatable bonds is 14. The molecule has 5 N–H and O–H groups in total. The molecule has 0 aromatic carbocycles. The molecule has 109 heavy (non-hydrogen) atoms. The van der Waals surface area contributed by atoms with Crippen LogP contribution in [0.25, 0.3) is 0 Å². The van der Waals surface area contributed by atoms with Crippen molar-refractivity contribution in [2.24, 2.45) is 5.73 Å². The molecule has 2 amide bonds. The number of aromatic nitrogens is 15. The molecule has 43 heteroatoms. The second-order valence-electron chi connectivity index (χ2n) is 23.5. The standard InChI is InChI=1S/2C16H19F3N4O2.C11H11F3N4.C11H7F3N4.C7H5ClF3N.C4H3N3.CH3F.ClH.Na.H/c2*1-15(2,3)25-14(24)21-7-12-9-23(10-22-12)8-11-4-5-13(20-6-11)16(17,18)19;2*12-11(13,14)10-2-1-8(4-16-10)5-18-6-9(3-15)17-7-18;8-3-5-1-2-6(12-4-5)7(9,10)11;5-1-4-2-6-3-7-4;1-2;;;/h2*4-6,9-10H,7-8H2,1-3H3,(H,21,24);1-2,4,6-7H,3,5,15H2;1-2,4,6-7H,5H2;1-2,4H,3H2;2-3H,(H,6,7);1H3;1H;;/q;;;;;;;;+1;-1/i;;;;;;1D;;;. The van der Waals surface area contributed by atoms with E-state index in [0.29, 0.717) is 77.6 Å². The van der Waals surface area contributed by atoms with Crippen LogP contribution in [0.2, 0.25) is 0 Å².